The maximum atomic E-state index is 6.02. The SMILES string of the molecule is CCC1CCC(Nc2nc(C(C)C)nc(N)c2C)CC1. The van der Waals surface area contributed by atoms with E-state index in [9.17, 15) is 0 Å². The summed E-state index contributed by atoms with van der Waals surface area (Å²) in [6.45, 7) is 8.49. The molecule has 0 aliphatic heterocycles. The van der Waals surface area contributed by atoms with E-state index in [0.717, 1.165) is 23.1 Å². The molecule has 1 fully saturated rings. The Labute approximate surface area is 122 Å². The Balaban J connectivity index is 2.09. The molecule has 0 unspecified atom stereocenters. The summed E-state index contributed by atoms with van der Waals surface area (Å²) >= 11 is 0. The highest BCUT2D eigenvalue weighted by molar-refractivity contribution is 5.55. The van der Waals surface area contributed by atoms with E-state index < -0.39 is 0 Å². The van der Waals surface area contributed by atoms with Crippen LogP contribution in [0.2, 0.25) is 0 Å². The number of anilines is 2. The van der Waals surface area contributed by atoms with Gasteiger partial charge >= 0.3 is 0 Å². The first kappa shape index (κ1) is 15.1. The van der Waals surface area contributed by atoms with Crippen molar-refractivity contribution < 1.29 is 0 Å². The molecule has 0 spiro atoms. The van der Waals surface area contributed by atoms with Gasteiger partial charge in [-0.2, -0.15) is 0 Å². The van der Waals surface area contributed by atoms with Crippen molar-refractivity contribution in [1.82, 2.24) is 9.97 Å². The lowest BCUT2D eigenvalue weighted by Gasteiger charge is -2.29. The van der Waals surface area contributed by atoms with Gasteiger partial charge < -0.3 is 11.1 Å². The van der Waals surface area contributed by atoms with Gasteiger partial charge in [-0.1, -0.05) is 27.2 Å². The van der Waals surface area contributed by atoms with Gasteiger partial charge in [-0.05, 0) is 38.5 Å². The molecule has 3 N–H and O–H groups in total. The number of nitrogens with one attached hydrogen (secondary N) is 1. The van der Waals surface area contributed by atoms with E-state index in [1.165, 1.54) is 32.1 Å². The van der Waals surface area contributed by atoms with Gasteiger partial charge in [0.25, 0.3) is 0 Å². The standard InChI is InChI=1S/C16H28N4/c1-5-12-6-8-13(9-7-12)18-16-11(4)14(17)19-15(20-16)10(2)3/h10,12-13H,5-9H2,1-4H3,(H3,17,18,19,20). The van der Waals surface area contributed by atoms with E-state index in [2.05, 4.69) is 36.1 Å². The molecule has 0 radical (unpaired) electrons. The molecule has 0 saturated heterocycles. The van der Waals surface area contributed by atoms with Gasteiger partial charge in [-0.25, -0.2) is 9.97 Å². The summed E-state index contributed by atoms with van der Waals surface area (Å²) in [6, 6.07) is 0.533. The first-order chi connectivity index (χ1) is 9.51. The number of nitrogens with two attached hydrogens (primary N) is 1. The summed E-state index contributed by atoms with van der Waals surface area (Å²) in [5.74, 6) is 3.58. The molecule has 1 aromatic heterocycles. The van der Waals surface area contributed by atoms with Crippen LogP contribution in [-0.2, 0) is 0 Å². The van der Waals surface area contributed by atoms with Crippen molar-refractivity contribution in [1.29, 1.82) is 0 Å². The quantitative estimate of drug-likeness (QED) is 0.876. The van der Waals surface area contributed by atoms with E-state index in [0.29, 0.717) is 17.8 Å². The molecule has 4 heteroatoms. The summed E-state index contributed by atoms with van der Waals surface area (Å²) in [6.07, 6.45) is 6.43. The summed E-state index contributed by atoms with van der Waals surface area (Å²) in [5, 5.41) is 3.60. The first-order valence-corrected chi connectivity index (χ1v) is 7.91. The molecule has 0 bridgehead atoms. The van der Waals surface area contributed by atoms with E-state index >= 15 is 0 Å². The molecule has 4 nitrogen and oxygen atoms in total. The van der Waals surface area contributed by atoms with Crippen molar-refractivity contribution >= 4 is 11.6 Å². The number of hydrogen-bond acceptors (Lipinski definition) is 4. The normalized spacial score (nSPS) is 23.1. The van der Waals surface area contributed by atoms with Crippen LogP contribution in [0.4, 0.5) is 11.6 Å². The van der Waals surface area contributed by atoms with Crippen LogP contribution >= 0.6 is 0 Å². The zero-order valence-corrected chi connectivity index (χ0v) is 13.2. The lowest BCUT2D eigenvalue weighted by Crippen LogP contribution is -2.27. The highest BCUT2D eigenvalue weighted by Crippen LogP contribution is 2.29. The lowest BCUT2D eigenvalue weighted by atomic mass is 9.84. The van der Waals surface area contributed by atoms with Crippen LogP contribution in [0.1, 0.15) is 70.2 Å². The molecular weight excluding hydrogens is 248 g/mol. The van der Waals surface area contributed by atoms with Gasteiger partial charge in [0.05, 0.1) is 0 Å². The molecule has 1 aliphatic carbocycles. The zero-order chi connectivity index (χ0) is 14.7. The van der Waals surface area contributed by atoms with Crippen LogP contribution in [0.15, 0.2) is 0 Å². The minimum absolute atomic E-state index is 0.300. The predicted molar refractivity (Wildman–Crippen MR) is 84.9 cm³/mol. The second kappa shape index (κ2) is 6.42. The maximum absolute atomic E-state index is 6.02. The van der Waals surface area contributed by atoms with Crippen molar-refractivity contribution in [2.75, 3.05) is 11.1 Å². The van der Waals surface area contributed by atoms with Crippen molar-refractivity contribution in [3.63, 3.8) is 0 Å². The molecule has 0 aromatic carbocycles. The molecule has 1 aromatic rings. The Hall–Kier alpha value is -1.32. The van der Waals surface area contributed by atoms with Crippen molar-refractivity contribution in [2.45, 2.75) is 71.8 Å². The van der Waals surface area contributed by atoms with Gasteiger partial charge in [-0.3, -0.25) is 0 Å². The Bertz CT molecular complexity index is 448. The molecule has 2 rings (SSSR count). The average molecular weight is 276 g/mol. The van der Waals surface area contributed by atoms with Crippen LogP contribution in [0.5, 0.6) is 0 Å². The Kier molecular flexibility index (Phi) is 4.84. The molecule has 0 amide bonds. The number of rotatable bonds is 4. The van der Waals surface area contributed by atoms with Gasteiger partial charge in [-0.15, -0.1) is 0 Å². The minimum Gasteiger partial charge on any atom is -0.383 e. The van der Waals surface area contributed by atoms with E-state index in [-0.39, 0.29) is 0 Å². The Morgan fingerprint density at radius 3 is 2.40 bits per heavy atom. The van der Waals surface area contributed by atoms with E-state index in [4.69, 9.17) is 5.73 Å². The fourth-order valence-electron chi connectivity index (χ4n) is 2.86. The fraction of sp³-hybridized carbons (Fsp3) is 0.750. The molecule has 0 atom stereocenters. The van der Waals surface area contributed by atoms with Crippen molar-refractivity contribution in [3.05, 3.63) is 11.4 Å². The van der Waals surface area contributed by atoms with E-state index in [1.807, 2.05) is 6.92 Å². The predicted octanol–water partition coefficient (Wildman–Crippen LogP) is 3.87. The fourth-order valence-corrected chi connectivity index (χ4v) is 2.86. The largest absolute Gasteiger partial charge is 0.383 e. The second-order valence-corrected chi connectivity index (χ2v) is 6.37. The zero-order valence-electron chi connectivity index (χ0n) is 13.2. The highest BCUT2D eigenvalue weighted by Gasteiger charge is 2.21. The van der Waals surface area contributed by atoms with Gasteiger partial charge in [0.15, 0.2) is 0 Å². The summed E-state index contributed by atoms with van der Waals surface area (Å²) in [5.41, 5.74) is 7.00. The highest BCUT2D eigenvalue weighted by atomic mass is 15.1. The van der Waals surface area contributed by atoms with Crippen molar-refractivity contribution in [2.24, 2.45) is 5.92 Å². The van der Waals surface area contributed by atoms with Crippen LogP contribution in [0.25, 0.3) is 0 Å². The lowest BCUT2D eigenvalue weighted by molar-refractivity contribution is 0.329. The average Bonchev–Trinajstić information content (AvgIpc) is 2.44. The van der Waals surface area contributed by atoms with E-state index in [1.54, 1.807) is 0 Å². The van der Waals surface area contributed by atoms with Crippen LogP contribution < -0.4 is 11.1 Å². The monoisotopic (exact) mass is 276 g/mol. The van der Waals surface area contributed by atoms with Crippen LogP contribution in [-0.4, -0.2) is 16.0 Å². The van der Waals surface area contributed by atoms with Gasteiger partial charge in [0.2, 0.25) is 0 Å². The molecule has 112 valence electrons. The number of aromatic nitrogens is 2. The Morgan fingerprint density at radius 2 is 1.85 bits per heavy atom. The van der Waals surface area contributed by atoms with Crippen molar-refractivity contribution in [3.8, 4) is 0 Å². The second-order valence-electron chi connectivity index (χ2n) is 6.37. The van der Waals surface area contributed by atoms with Gasteiger partial charge in [0, 0.05) is 17.5 Å². The summed E-state index contributed by atoms with van der Waals surface area (Å²) in [4.78, 5) is 9.04. The minimum atomic E-state index is 0.300. The third kappa shape index (κ3) is 3.41. The molecule has 20 heavy (non-hydrogen) atoms. The smallest absolute Gasteiger partial charge is 0.135 e. The first-order valence-electron chi connectivity index (χ1n) is 7.91. The summed E-state index contributed by atoms with van der Waals surface area (Å²) in [7, 11) is 0. The molecule has 1 aliphatic rings. The molecule has 1 saturated carbocycles. The van der Waals surface area contributed by atoms with Crippen LogP contribution in [0, 0.1) is 12.8 Å². The number of nitrogen functional groups attached to an aromatic ring is 1. The summed E-state index contributed by atoms with van der Waals surface area (Å²) < 4.78 is 0. The van der Waals surface area contributed by atoms with Crippen LogP contribution in [0.3, 0.4) is 0 Å². The topological polar surface area (TPSA) is 63.8 Å². The maximum Gasteiger partial charge on any atom is 0.135 e. The third-order valence-corrected chi connectivity index (χ3v) is 4.48. The Morgan fingerprint density at radius 1 is 1.20 bits per heavy atom. The molecule has 1 heterocycles. The third-order valence-electron chi connectivity index (χ3n) is 4.48. The molecular formula is C16H28N4. The number of hydrogen-bond donors (Lipinski definition) is 2. The van der Waals surface area contributed by atoms with Gasteiger partial charge in [0.1, 0.15) is 17.5 Å². The number of nitrogens with zero attached hydrogens (tertiary/aromatic N) is 2.